The van der Waals surface area contributed by atoms with E-state index in [1.807, 2.05) is 6.92 Å². The van der Waals surface area contributed by atoms with Crippen molar-refractivity contribution in [2.24, 2.45) is 5.41 Å². The number of rotatable bonds is 3. The van der Waals surface area contributed by atoms with Gasteiger partial charge >= 0.3 is 0 Å². The highest BCUT2D eigenvalue weighted by atomic mass is 19.1. The van der Waals surface area contributed by atoms with E-state index < -0.39 is 0 Å². The van der Waals surface area contributed by atoms with Crippen molar-refractivity contribution in [2.75, 3.05) is 6.67 Å². The van der Waals surface area contributed by atoms with E-state index in [2.05, 4.69) is 5.32 Å². The summed E-state index contributed by atoms with van der Waals surface area (Å²) in [5.74, 6) is 0. The number of alkyl halides is 1. The third-order valence-electron chi connectivity index (χ3n) is 3.76. The van der Waals surface area contributed by atoms with Gasteiger partial charge in [-0.05, 0) is 50.9 Å². The Balaban J connectivity index is 1.71. The standard InChI is InChI=1S/C11H20FN/c1-9(8-12)13-10-2-4-11(5-3-10)6-7-11/h9-10,13H,2-8H2,1H3/t9-/m0/s1. The molecule has 2 saturated carbocycles. The topological polar surface area (TPSA) is 12.0 Å². The maximum absolute atomic E-state index is 12.2. The normalized spacial score (nSPS) is 29.1. The van der Waals surface area contributed by atoms with Crippen molar-refractivity contribution in [1.29, 1.82) is 0 Å². The third kappa shape index (κ3) is 2.22. The lowest BCUT2D eigenvalue weighted by molar-refractivity contribution is 0.249. The van der Waals surface area contributed by atoms with Crippen LogP contribution in [0.1, 0.15) is 45.4 Å². The van der Waals surface area contributed by atoms with Gasteiger partial charge in [0.15, 0.2) is 0 Å². The summed E-state index contributed by atoms with van der Waals surface area (Å²) in [6, 6.07) is 0.648. The molecule has 1 N–H and O–H groups in total. The molecular weight excluding hydrogens is 165 g/mol. The Labute approximate surface area is 80.1 Å². The molecule has 0 aromatic rings. The van der Waals surface area contributed by atoms with Gasteiger partial charge in [-0.2, -0.15) is 0 Å². The van der Waals surface area contributed by atoms with Crippen LogP contribution in [0, 0.1) is 5.41 Å². The molecule has 2 heteroatoms. The summed E-state index contributed by atoms with van der Waals surface area (Å²) in [6.45, 7) is 1.70. The fraction of sp³-hybridized carbons (Fsp3) is 1.00. The molecular formula is C11H20FN. The van der Waals surface area contributed by atoms with Crippen LogP contribution in [0.25, 0.3) is 0 Å². The Morgan fingerprint density at radius 3 is 2.38 bits per heavy atom. The lowest BCUT2D eigenvalue weighted by atomic mass is 9.83. The molecule has 1 atom stereocenters. The summed E-state index contributed by atoms with van der Waals surface area (Å²) in [5.41, 5.74) is 0.761. The predicted octanol–water partition coefficient (Wildman–Crippen LogP) is 2.66. The van der Waals surface area contributed by atoms with Crippen LogP contribution in [0.4, 0.5) is 4.39 Å². The van der Waals surface area contributed by atoms with E-state index >= 15 is 0 Å². The minimum absolute atomic E-state index is 0.0539. The molecule has 0 amide bonds. The predicted molar refractivity (Wildman–Crippen MR) is 52.5 cm³/mol. The summed E-state index contributed by atoms with van der Waals surface area (Å²) in [4.78, 5) is 0. The van der Waals surface area contributed by atoms with E-state index in [1.54, 1.807) is 0 Å². The van der Waals surface area contributed by atoms with Gasteiger partial charge in [-0.3, -0.25) is 0 Å². The lowest BCUT2D eigenvalue weighted by Crippen LogP contribution is -2.40. The molecule has 1 nitrogen and oxygen atoms in total. The zero-order valence-electron chi connectivity index (χ0n) is 8.48. The van der Waals surface area contributed by atoms with Crippen molar-refractivity contribution in [3.8, 4) is 0 Å². The van der Waals surface area contributed by atoms with Crippen molar-refractivity contribution >= 4 is 0 Å². The van der Waals surface area contributed by atoms with Crippen LogP contribution in [0.15, 0.2) is 0 Å². The van der Waals surface area contributed by atoms with Crippen LogP contribution in [0.3, 0.4) is 0 Å². The molecule has 0 unspecified atom stereocenters. The van der Waals surface area contributed by atoms with Gasteiger partial charge in [-0.15, -0.1) is 0 Å². The second-order valence-corrected chi connectivity index (χ2v) is 5.00. The average molecular weight is 185 g/mol. The highest BCUT2D eigenvalue weighted by molar-refractivity contribution is 4.97. The van der Waals surface area contributed by atoms with Crippen molar-refractivity contribution in [3.63, 3.8) is 0 Å². The van der Waals surface area contributed by atoms with Crippen LogP contribution in [0.2, 0.25) is 0 Å². The molecule has 76 valence electrons. The Morgan fingerprint density at radius 1 is 1.31 bits per heavy atom. The zero-order valence-corrected chi connectivity index (χ0v) is 8.48. The molecule has 0 aromatic carbocycles. The van der Waals surface area contributed by atoms with Crippen LogP contribution in [-0.2, 0) is 0 Å². The molecule has 2 aliphatic carbocycles. The highest BCUT2D eigenvalue weighted by Gasteiger charge is 2.44. The smallest absolute Gasteiger partial charge is 0.104 e. The first kappa shape index (κ1) is 9.45. The monoisotopic (exact) mass is 185 g/mol. The molecule has 0 radical (unpaired) electrons. The first-order chi connectivity index (χ1) is 6.24. The first-order valence-corrected chi connectivity index (χ1v) is 5.56. The molecule has 0 saturated heterocycles. The lowest BCUT2D eigenvalue weighted by Gasteiger charge is -2.30. The number of hydrogen-bond acceptors (Lipinski definition) is 1. The molecule has 2 aliphatic rings. The maximum atomic E-state index is 12.2. The molecule has 13 heavy (non-hydrogen) atoms. The highest BCUT2D eigenvalue weighted by Crippen LogP contribution is 2.56. The molecule has 1 spiro atoms. The fourth-order valence-electron chi connectivity index (χ4n) is 2.52. The maximum Gasteiger partial charge on any atom is 0.104 e. The Bertz CT molecular complexity index is 167. The summed E-state index contributed by atoms with van der Waals surface area (Å²) in [5, 5.41) is 3.36. The summed E-state index contributed by atoms with van der Waals surface area (Å²) in [7, 11) is 0. The SMILES string of the molecule is C[C@@H](CF)NC1CCC2(CC1)CC2. The van der Waals surface area contributed by atoms with E-state index in [9.17, 15) is 4.39 Å². The Kier molecular flexibility index (Phi) is 2.59. The molecule has 0 aliphatic heterocycles. The fourth-order valence-corrected chi connectivity index (χ4v) is 2.52. The summed E-state index contributed by atoms with van der Waals surface area (Å²) < 4.78 is 12.2. The van der Waals surface area contributed by atoms with E-state index in [0.29, 0.717) is 6.04 Å². The molecule has 0 bridgehead atoms. The van der Waals surface area contributed by atoms with Crippen molar-refractivity contribution in [2.45, 2.75) is 57.5 Å². The second-order valence-electron chi connectivity index (χ2n) is 5.00. The number of nitrogens with one attached hydrogen (secondary N) is 1. The van der Waals surface area contributed by atoms with Gasteiger partial charge in [0.2, 0.25) is 0 Å². The van der Waals surface area contributed by atoms with Gasteiger partial charge < -0.3 is 5.32 Å². The Hall–Kier alpha value is -0.110. The van der Waals surface area contributed by atoms with Crippen molar-refractivity contribution in [1.82, 2.24) is 5.32 Å². The molecule has 2 fully saturated rings. The first-order valence-electron chi connectivity index (χ1n) is 5.56. The molecule has 0 aromatic heterocycles. The van der Waals surface area contributed by atoms with Gasteiger partial charge in [0.05, 0.1) is 0 Å². The van der Waals surface area contributed by atoms with E-state index in [4.69, 9.17) is 0 Å². The minimum atomic E-state index is -0.234. The largest absolute Gasteiger partial charge is 0.309 e. The quantitative estimate of drug-likeness (QED) is 0.712. The van der Waals surface area contributed by atoms with Gasteiger partial charge in [0.25, 0.3) is 0 Å². The van der Waals surface area contributed by atoms with Crippen molar-refractivity contribution in [3.05, 3.63) is 0 Å². The summed E-state index contributed by atoms with van der Waals surface area (Å²) in [6.07, 6.45) is 8.21. The Morgan fingerprint density at radius 2 is 1.92 bits per heavy atom. The number of halogens is 1. The van der Waals surface area contributed by atoms with Gasteiger partial charge in [0, 0.05) is 12.1 Å². The summed E-state index contributed by atoms with van der Waals surface area (Å²) >= 11 is 0. The van der Waals surface area contributed by atoms with Crippen LogP contribution in [-0.4, -0.2) is 18.8 Å². The molecule has 2 rings (SSSR count). The van der Waals surface area contributed by atoms with Gasteiger partial charge in [-0.1, -0.05) is 0 Å². The zero-order chi connectivity index (χ0) is 9.31. The number of hydrogen-bond donors (Lipinski definition) is 1. The van der Waals surface area contributed by atoms with Crippen LogP contribution in [0.5, 0.6) is 0 Å². The van der Waals surface area contributed by atoms with Crippen LogP contribution < -0.4 is 5.32 Å². The van der Waals surface area contributed by atoms with Crippen molar-refractivity contribution < 1.29 is 4.39 Å². The minimum Gasteiger partial charge on any atom is -0.309 e. The van der Waals surface area contributed by atoms with E-state index in [0.717, 1.165) is 5.41 Å². The van der Waals surface area contributed by atoms with E-state index in [-0.39, 0.29) is 12.7 Å². The average Bonchev–Trinajstić information content (AvgIpc) is 2.90. The second kappa shape index (κ2) is 3.56. The van der Waals surface area contributed by atoms with Crippen LogP contribution >= 0.6 is 0 Å². The van der Waals surface area contributed by atoms with Gasteiger partial charge in [-0.25, -0.2) is 4.39 Å². The van der Waals surface area contributed by atoms with E-state index in [1.165, 1.54) is 38.5 Å². The van der Waals surface area contributed by atoms with Gasteiger partial charge in [0.1, 0.15) is 6.67 Å². The molecule has 0 heterocycles. The third-order valence-corrected chi connectivity index (χ3v) is 3.76.